The number of alkyl halides is 3. The molecule has 0 atom stereocenters. The molecule has 2 aliphatic heterocycles. The molecule has 1 amide bonds. The fourth-order valence-electron chi connectivity index (χ4n) is 2.32. The molecule has 0 bridgehead atoms. The minimum atomic E-state index is -4.38. The van der Waals surface area contributed by atoms with Crippen molar-refractivity contribution in [1.29, 1.82) is 0 Å². The SMILES string of the molecule is O=C1CCc2cc(C3=NNC(=NCC(F)(F)F)SC3)c(F)cc2N1. The molecule has 5 nitrogen and oxygen atoms in total. The van der Waals surface area contributed by atoms with Gasteiger partial charge >= 0.3 is 6.18 Å². The first kappa shape index (κ1) is 16.7. The molecule has 0 saturated carbocycles. The van der Waals surface area contributed by atoms with Crippen molar-refractivity contribution < 1.29 is 22.4 Å². The Morgan fingerprint density at radius 2 is 2.08 bits per heavy atom. The van der Waals surface area contributed by atoms with Crippen LogP contribution in [0.2, 0.25) is 0 Å². The summed E-state index contributed by atoms with van der Waals surface area (Å²) in [5, 5.41) is 6.57. The second-order valence-corrected chi connectivity index (χ2v) is 6.20. The van der Waals surface area contributed by atoms with Gasteiger partial charge in [-0.3, -0.25) is 15.2 Å². The first-order valence-corrected chi connectivity index (χ1v) is 7.99. The third kappa shape index (κ3) is 3.86. The Kier molecular flexibility index (Phi) is 4.48. The summed E-state index contributed by atoms with van der Waals surface area (Å²) >= 11 is 1.03. The number of thioether (sulfide) groups is 1. The number of amides is 1. The first-order chi connectivity index (χ1) is 11.3. The molecule has 3 rings (SSSR count). The zero-order valence-corrected chi connectivity index (χ0v) is 13.0. The van der Waals surface area contributed by atoms with Crippen LogP contribution in [0.4, 0.5) is 23.2 Å². The van der Waals surface area contributed by atoms with Crippen molar-refractivity contribution in [1.82, 2.24) is 5.43 Å². The molecule has 2 heterocycles. The van der Waals surface area contributed by atoms with Crippen molar-refractivity contribution in [3.63, 3.8) is 0 Å². The zero-order valence-electron chi connectivity index (χ0n) is 12.2. The largest absolute Gasteiger partial charge is 0.408 e. The lowest BCUT2D eigenvalue weighted by molar-refractivity contribution is -0.118. The van der Waals surface area contributed by atoms with Crippen molar-refractivity contribution in [3.8, 4) is 0 Å². The van der Waals surface area contributed by atoms with Crippen molar-refractivity contribution in [2.75, 3.05) is 17.6 Å². The van der Waals surface area contributed by atoms with Gasteiger partial charge in [-0.15, -0.1) is 0 Å². The summed E-state index contributed by atoms with van der Waals surface area (Å²) in [7, 11) is 0. The fourth-order valence-corrected chi connectivity index (χ4v) is 3.08. The Labute approximate surface area is 138 Å². The summed E-state index contributed by atoms with van der Waals surface area (Å²) in [5.74, 6) is -0.508. The third-order valence-electron chi connectivity index (χ3n) is 3.43. The summed E-state index contributed by atoms with van der Waals surface area (Å²) in [6.07, 6.45) is -3.55. The van der Waals surface area contributed by atoms with E-state index in [1.807, 2.05) is 0 Å². The third-order valence-corrected chi connectivity index (χ3v) is 4.34. The molecule has 10 heteroatoms. The number of aryl methyl sites for hydroxylation is 1. The number of anilines is 1. The number of hydrogen-bond donors (Lipinski definition) is 2. The Balaban J connectivity index is 1.79. The van der Waals surface area contributed by atoms with E-state index in [-0.39, 0.29) is 22.4 Å². The number of fused-ring (bicyclic) bond motifs is 1. The van der Waals surface area contributed by atoms with E-state index < -0.39 is 18.5 Å². The lowest BCUT2D eigenvalue weighted by Gasteiger charge is -2.20. The Morgan fingerprint density at radius 3 is 2.75 bits per heavy atom. The van der Waals surface area contributed by atoms with E-state index in [2.05, 4.69) is 20.8 Å². The Hall–Kier alpha value is -2.10. The Bertz CT molecular complexity index is 745. The molecule has 1 aromatic rings. The van der Waals surface area contributed by atoms with Gasteiger partial charge in [-0.25, -0.2) is 4.39 Å². The highest BCUT2D eigenvalue weighted by Gasteiger charge is 2.27. The molecule has 0 spiro atoms. The van der Waals surface area contributed by atoms with Gasteiger partial charge in [0.05, 0.1) is 5.71 Å². The molecule has 128 valence electrons. The molecule has 2 N–H and O–H groups in total. The van der Waals surface area contributed by atoms with Crippen LogP contribution in [0.1, 0.15) is 17.5 Å². The molecule has 0 unspecified atom stereocenters. The van der Waals surface area contributed by atoms with E-state index in [0.29, 0.717) is 24.2 Å². The summed E-state index contributed by atoms with van der Waals surface area (Å²) in [6.45, 7) is -1.29. The van der Waals surface area contributed by atoms with Gasteiger partial charge < -0.3 is 5.32 Å². The maximum atomic E-state index is 14.2. The molecule has 2 aliphatic rings. The minimum Gasteiger partial charge on any atom is -0.326 e. The number of aliphatic imine (C=N–C) groups is 1. The summed E-state index contributed by atoms with van der Waals surface area (Å²) < 4.78 is 50.6. The van der Waals surface area contributed by atoms with Crippen molar-refractivity contribution in [2.45, 2.75) is 19.0 Å². The van der Waals surface area contributed by atoms with Gasteiger partial charge in [-0.1, -0.05) is 11.8 Å². The number of halogens is 4. The van der Waals surface area contributed by atoms with Crippen LogP contribution >= 0.6 is 11.8 Å². The molecule has 1 aromatic carbocycles. The zero-order chi connectivity index (χ0) is 17.3. The molecular formula is C14H12F4N4OS. The molecule has 0 fully saturated rings. The van der Waals surface area contributed by atoms with Crippen LogP contribution in [0.3, 0.4) is 0 Å². The monoisotopic (exact) mass is 360 g/mol. The van der Waals surface area contributed by atoms with Crippen molar-refractivity contribution >= 4 is 34.2 Å². The molecule has 0 aromatic heterocycles. The highest BCUT2D eigenvalue weighted by atomic mass is 32.2. The van der Waals surface area contributed by atoms with E-state index in [9.17, 15) is 22.4 Å². The summed E-state index contributed by atoms with van der Waals surface area (Å²) in [5.41, 5.74) is 4.30. The number of carbonyl (C=O) groups is 1. The van der Waals surface area contributed by atoms with Crippen LogP contribution in [0.25, 0.3) is 0 Å². The van der Waals surface area contributed by atoms with Gasteiger partial charge in [0, 0.05) is 23.4 Å². The fraction of sp³-hybridized carbons (Fsp3) is 0.357. The normalized spacial score (nSPS) is 19.4. The number of carbonyl (C=O) groups excluding carboxylic acids is 1. The number of hydrogen-bond acceptors (Lipinski definition) is 4. The number of benzene rings is 1. The van der Waals surface area contributed by atoms with Crippen LogP contribution in [0.15, 0.2) is 22.2 Å². The molecule has 24 heavy (non-hydrogen) atoms. The van der Waals surface area contributed by atoms with E-state index in [4.69, 9.17) is 0 Å². The Morgan fingerprint density at radius 1 is 1.29 bits per heavy atom. The number of hydrazone groups is 1. The highest BCUT2D eigenvalue weighted by molar-refractivity contribution is 8.14. The smallest absolute Gasteiger partial charge is 0.326 e. The van der Waals surface area contributed by atoms with Crippen LogP contribution in [-0.4, -0.2) is 35.3 Å². The van der Waals surface area contributed by atoms with Crippen LogP contribution in [-0.2, 0) is 11.2 Å². The average molecular weight is 360 g/mol. The van der Waals surface area contributed by atoms with Gasteiger partial charge in [0.15, 0.2) is 5.17 Å². The lowest BCUT2D eigenvalue weighted by atomic mass is 9.98. The number of amidine groups is 1. The maximum absolute atomic E-state index is 14.2. The van der Waals surface area contributed by atoms with Gasteiger partial charge in [0.2, 0.25) is 5.91 Å². The number of rotatable bonds is 2. The van der Waals surface area contributed by atoms with E-state index >= 15 is 0 Å². The van der Waals surface area contributed by atoms with E-state index in [1.165, 1.54) is 6.07 Å². The first-order valence-electron chi connectivity index (χ1n) is 7.01. The number of nitrogens with zero attached hydrogens (tertiary/aromatic N) is 2. The van der Waals surface area contributed by atoms with Gasteiger partial charge in [0.1, 0.15) is 12.4 Å². The van der Waals surface area contributed by atoms with Crippen molar-refractivity contribution in [2.24, 2.45) is 10.1 Å². The molecule has 0 aliphatic carbocycles. The predicted octanol–water partition coefficient (Wildman–Crippen LogP) is 2.67. The maximum Gasteiger partial charge on any atom is 0.408 e. The van der Waals surface area contributed by atoms with Crippen LogP contribution in [0.5, 0.6) is 0 Å². The average Bonchev–Trinajstić information content (AvgIpc) is 2.52. The second kappa shape index (κ2) is 6.42. The molecule has 0 radical (unpaired) electrons. The molecule has 0 saturated heterocycles. The van der Waals surface area contributed by atoms with Crippen molar-refractivity contribution in [3.05, 3.63) is 29.1 Å². The van der Waals surface area contributed by atoms with Crippen LogP contribution < -0.4 is 10.7 Å². The molecular weight excluding hydrogens is 348 g/mol. The standard InChI is InChI=1S/C14H12F4N4OS/c15-9-4-10-7(1-2-12(23)20-10)3-8(9)11-5-24-13(22-21-11)19-6-14(16,17)18/h3-4H,1-2,5-6H2,(H,19,22)(H,20,23). The quantitative estimate of drug-likeness (QED) is 0.797. The second-order valence-electron chi connectivity index (χ2n) is 5.23. The minimum absolute atomic E-state index is 0.0432. The van der Waals surface area contributed by atoms with Gasteiger partial charge in [-0.05, 0) is 24.1 Å². The highest BCUT2D eigenvalue weighted by Crippen LogP contribution is 2.27. The summed E-state index contributed by atoms with van der Waals surface area (Å²) in [4.78, 5) is 14.7. The van der Waals surface area contributed by atoms with Crippen LogP contribution in [0, 0.1) is 5.82 Å². The van der Waals surface area contributed by atoms with Gasteiger partial charge in [0.25, 0.3) is 0 Å². The predicted molar refractivity (Wildman–Crippen MR) is 83.8 cm³/mol. The topological polar surface area (TPSA) is 65.8 Å². The lowest BCUT2D eigenvalue weighted by Crippen LogP contribution is -2.28. The van der Waals surface area contributed by atoms with E-state index in [0.717, 1.165) is 17.3 Å². The van der Waals surface area contributed by atoms with Gasteiger partial charge in [-0.2, -0.15) is 18.3 Å². The number of nitrogens with one attached hydrogen (secondary N) is 2. The summed E-state index contributed by atoms with van der Waals surface area (Å²) in [6, 6.07) is 2.85. The van der Waals surface area contributed by atoms with E-state index in [1.54, 1.807) is 6.07 Å².